The third kappa shape index (κ3) is 2.80. The Bertz CT molecular complexity index is 611. The molecule has 5 heteroatoms. The van der Waals surface area contributed by atoms with Crippen LogP contribution in [0.4, 0.5) is 5.69 Å². The third-order valence-electron chi connectivity index (χ3n) is 2.73. The number of rotatable bonds is 4. The summed E-state index contributed by atoms with van der Waals surface area (Å²) in [7, 11) is 1.50. The van der Waals surface area contributed by atoms with Gasteiger partial charge in [0.25, 0.3) is 0 Å². The number of carbonyl (C=O) groups is 1. The number of carbonyl (C=O) groups excluding carboxylic acids is 1. The molecule has 4 nitrogen and oxygen atoms in total. The molecular weight excluding hydrogens is 264 g/mol. The van der Waals surface area contributed by atoms with Gasteiger partial charge in [-0.25, -0.2) is 5.01 Å². The molecule has 0 saturated heterocycles. The van der Waals surface area contributed by atoms with Crippen LogP contribution in [0, 0.1) is 4.91 Å². The highest BCUT2D eigenvalue weighted by molar-refractivity contribution is 6.30. The first-order valence-corrected chi connectivity index (χ1v) is 5.97. The molecule has 0 radical (unpaired) electrons. The average molecular weight is 275 g/mol. The van der Waals surface area contributed by atoms with E-state index in [1.807, 2.05) is 0 Å². The van der Waals surface area contributed by atoms with Crippen molar-refractivity contribution in [2.24, 2.45) is 5.29 Å². The lowest BCUT2D eigenvalue weighted by atomic mass is 10.0. The molecule has 0 aromatic heterocycles. The van der Waals surface area contributed by atoms with Crippen molar-refractivity contribution in [1.82, 2.24) is 0 Å². The zero-order valence-corrected chi connectivity index (χ0v) is 11.0. The van der Waals surface area contributed by atoms with E-state index in [4.69, 9.17) is 11.6 Å². The Morgan fingerprint density at radius 1 is 1.11 bits per heavy atom. The molecule has 2 aromatic carbocycles. The molecule has 0 aliphatic heterocycles. The monoisotopic (exact) mass is 274 g/mol. The van der Waals surface area contributed by atoms with Gasteiger partial charge in [-0.15, -0.1) is 4.91 Å². The number of ketones is 1. The van der Waals surface area contributed by atoms with Gasteiger partial charge in [0, 0.05) is 23.2 Å². The zero-order valence-electron chi connectivity index (χ0n) is 10.2. The van der Waals surface area contributed by atoms with Gasteiger partial charge in [0.1, 0.15) is 0 Å². The minimum atomic E-state index is -0.178. The SMILES string of the molecule is CN(N=O)c1ccccc1C(=O)c1ccc(Cl)cc1. The van der Waals surface area contributed by atoms with Gasteiger partial charge in [-0.05, 0) is 36.4 Å². The lowest BCUT2D eigenvalue weighted by Gasteiger charge is -2.13. The van der Waals surface area contributed by atoms with Gasteiger partial charge in [-0.2, -0.15) is 0 Å². The molecule has 0 fully saturated rings. The van der Waals surface area contributed by atoms with Crippen LogP contribution in [0.1, 0.15) is 15.9 Å². The van der Waals surface area contributed by atoms with Crippen molar-refractivity contribution in [3.8, 4) is 0 Å². The lowest BCUT2D eigenvalue weighted by molar-refractivity contribution is 0.103. The maximum atomic E-state index is 12.4. The second-order valence-electron chi connectivity index (χ2n) is 3.96. The summed E-state index contributed by atoms with van der Waals surface area (Å²) in [6.45, 7) is 0. The first kappa shape index (κ1) is 13.2. The van der Waals surface area contributed by atoms with Crippen LogP contribution in [0.25, 0.3) is 0 Å². The van der Waals surface area contributed by atoms with E-state index in [1.165, 1.54) is 7.05 Å². The molecule has 2 rings (SSSR count). The maximum Gasteiger partial charge on any atom is 0.195 e. The summed E-state index contributed by atoms with van der Waals surface area (Å²) in [6.07, 6.45) is 0. The molecular formula is C14H11ClN2O2. The summed E-state index contributed by atoms with van der Waals surface area (Å²) >= 11 is 5.79. The predicted octanol–water partition coefficient (Wildman–Crippen LogP) is 3.69. The standard InChI is InChI=1S/C14H11ClN2O2/c1-17(16-19)13-5-3-2-4-12(13)14(18)10-6-8-11(15)9-7-10/h2-9H,1H3. The Kier molecular flexibility index (Phi) is 3.92. The molecule has 0 heterocycles. The molecule has 0 aliphatic carbocycles. The highest BCUT2D eigenvalue weighted by atomic mass is 35.5. The van der Waals surface area contributed by atoms with Crippen LogP contribution in [-0.4, -0.2) is 12.8 Å². The quantitative estimate of drug-likeness (QED) is 0.485. The first-order chi connectivity index (χ1) is 9.13. The van der Waals surface area contributed by atoms with Gasteiger partial charge in [0.2, 0.25) is 0 Å². The second kappa shape index (κ2) is 5.63. The van der Waals surface area contributed by atoms with Crippen molar-refractivity contribution in [3.63, 3.8) is 0 Å². The number of halogens is 1. The highest BCUT2D eigenvalue weighted by Crippen LogP contribution is 2.23. The largest absolute Gasteiger partial charge is 0.289 e. The molecule has 96 valence electrons. The van der Waals surface area contributed by atoms with Gasteiger partial charge >= 0.3 is 0 Å². The maximum absolute atomic E-state index is 12.4. The van der Waals surface area contributed by atoms with Crippen LogP contribution < -0.4 is 5.01 Å². The van der Waals surface area contributed by atoms with E-state index in [9.17, 15) is 9.70 Å². The predicted molar refractivity (Wildman–Crippen MR) is 75.5 cm³/mol. The summed E-state index contributed by atoms with van der Waals surface area (Å²) in [4.78, 5) is 23.0. The molecule has 19 heavy (non-hydrogen) atoms. The molecule has 0 saturated carbocycles. The number of nitrogens with zero attached hydrogens (tertiary/aromatic N) is 2. The van der Waals surface area contributed by atoms with Crippen molar-refractivity contribution >= 4 is 23.1 Å². The van der Waals surface area contributed by atoms with Gasteiger partial charge in [0.15, 0.2) is 5.78 Å². The van der Waals surface area contributed by atoms with Crippen molar-refractivity contribution in [2.45, 2.75) is 0 Å². The van der Waals surface area contributed by atoms with Crippen molar-refractivity contribution in [3.05, 3.63) is 69.6 Å². The van der Waals surface area contributed by atoms with Gasteiger partial charge in [0.05, 0.1) is 11.0 Å². The molecule has 0 N–H and O–H groups in total. The summed E-state index contributed by atoms with van der Waals surface area (Å²) in [5.74, 6) is -0.178. The van der Waals surface area contributed by atoms with Crippen LogP contribution >= 0.6 is 11.6 Å². The van der Waals surface area contributed by atoms with Crippen molar-refractivity contribution < 1.29 is 4.79 Å². The number of nitroso groups, excluding NO2 is 1. The Morgan fingerprint density at radius 3 is 2.37 bits per heavy atom. The fraction of sp³-hybridized carbons (Fsp3) is 0.0714. The smallest absolute Gasteiger partial charge is 0.195 e. The number of hydrogen-bond donors (Lipinski definition) is 0. The normalized spacial score (nSPS) is 10.0. The number of para-hydroxylation sites is 1. The van der Waals surface area contributed by atoms with E-state index in [2.05, 4.69) is 5.29 Å². The summed E-state index contributed by atoms with van der Waals surface area (Å²) < 4.78 is 0. The Hall–Kier alpha value is -2.20. The van der Waals surface area contributed by atoms with Gasteiger partial charge in [-0.1, -0.05) is 23.7 Å². The number of benzene rings is 2. The van der Waals surface area contributed by atoms with Crippen LogP contribution in [0.5, 0.6) is 0 Å². The molecule has 0 unspecified atom stereocenters. The van der Waals surface area contributed by atoms with E-state index < -0.39 is 0 Å². The second-order valence-corrected chi connectivity index (χ2v) is 4.39. The minimum Gasteiger partial charge on any atom is -0.289 e. The Labute approximate surface area is 115 Å². The van der Waals surface area contributed by atoms with Crippen molar-refractivity contribution in [2.75, 3.05) is 12.1 Å². The third-order valence-corrected chi connectivity index (χ3v) is 2.98. The average Bonchev–Trinajstić information content (AvgIpc) is 2.46. The highest BCUT2D eigenvalue weighted by Gasteiger charge is 2.15. The Balaban J connectivity index is 2.44. The van der Waals surface area contributed by atoms with E-state index in [0.29, 0.717) is 21.8 Å². The van der Waals surface area contributed by atoms with Crippen LogP contribution in [-0.2, 0) is 0 Å². The Morgan fingerprint density at radius 2 is 1.74 bits per heavy atom. The number of anilines is 1. The molecule has 0 bridgehead atoms. The fourth-order valence-electron chi connectivity index (χ4n) is 1.75. The van der Waals surface area contributed by atoms with Crippen LogP contribution in [0.2, 0.25) is 5.02 Å². The van der Waals surface area contributed by atoms with E-state index in [0.717, 1.165) is 5.01 Å². The number of hydrogen-bond acceptors (Lipinski definition) is 3. The summed E-state index contributed by atoms with van der Waals surface area (Å²) in [5.41, 5.74) is 1.40. The minimum absolute atomic E-state index is 0.178. The van der Waals surface area contributed by atoms with Crippen molar-refractivity contribution in [1.29, 1.82) is 0 Å². The van der Waals surface area contributed by atoms with E-state index >= 15 is 0 Å². The molecule has 0 aliphatic rings. The lowest BCUT2D eigenvalue weighted by Crippen LogP contribution is -2.13. The van der Waals surface area contributed by atoms with Crippen LogP contribution in [0.15, 0.2) is 53.8 Å². The molecule has 2 aromatic rings. The zero-order chi connectivity index (χ0) is 13.8. The fourth-order valence-corrected chi connectivity index (χ4v) is 1.87. The van der Waals surface area contributed by atoms with E-state index in [-0.39, 0.29) is 5.78 Å². The van der Waals surface area contributed by atoms with Gasteiger partial charge < -0.3 is 0 Å². The summed E-state index contributed by atoms with van der Waals surface area (Å²) in [6, 6.07) is 13.4. The first-order valence-electron chi connectivity index (χ1n) is 5.60. The van der Waals surface area contributed by atoms with Crippen LogP contribution in [0.3, 0.4) is 0 Å². The molecule has 0 amide bonds. The topological polar surface area (TPSA) is 49.7 Å². The summed E-state index contributed by atoms with van der Waals surface area (Å²) in [5, 5.41) is 4.51. The molecule has 0 spiro atoms. The van der Waals surface area contributed by atoms with Gasteiger partial charge in [-0.3, -0.25) is 4.79 Å². The molecule has 0 atom stereocenters. The van der Waals surface area contributed by atoms with E-state index in [1.54, 1.807) is 48.5 Å².